The summed E-state index contributed by atoms with van der Waals surface area (Å²) in [7, 11) is 0. The van der Waals surface area contributed by atoms with Gasteiger partial charge in [-0.25, -0.2) is 4.39 Å². The molecule has 0 radical (unpaired) electrons. The summed E-state index contributed by atoms with van der Waals surface area (Å²) in [4.78, 5) is 11.5. The number of nitrogens with one attached hydrogen (secondary N) is 1. The average Bonchev–Trinajstić information content (AvgIpc) is 2.30. The summed E-state index contributed by atoms with van der Waals surface area (Å²) in [6.45, 7) is 2.26. The van der Waals surface area contributed by atoms with Crippen molar-refractivity contribution in [1.82, 2.24) is 5.32 Å². The first-order chi connectivity index (χ1) is 8.04. The first-order valence-electron chi connectivity index (χ1n) is 5.51. The van der Waals surface area contributed by atoms with Crippen molar-refractivity contribution in [3.8, 4) is 0 Å². The molecule has 6 heteroatoms. The summed E-state index contributed by atoms with van der Waals surface area (Å²) in [5.41, 5.74) is 6.36. The predicted octanol–water partition coefficient (Wildman–Crippen LogP) is 2.75. The van der Waals surface area contributed by atoms with Crippen LogP contribution in [-0.4, -0.2) is 11.9 Å². The maximum Gasteiger partial charge on any atom is 0.237 e. The Morgan fingerprint density at radius 2 is 2.22 bits per heavy atom. The highest BCUT2D eigenvalue weighted by atomic mass is 79.9. The molecule has 1 atom stereocenters. The van der Waals surface area contributed by atoms with Crippen molar-refractivity contribution in [1.29, 1.82) is 0 Å². The number of carbonyl (C=O) groups excluding carboxylic acids is 1. The first kappa shape index (κ1) is 17.4. The summed E-state index contributed by atoms with van der Waals surface area (Å²) < 4.78 is 13.6. The molecule has 1 unspecified atom stereocenters. The third-order valence-corrected chi connectivity index (χ3v) is 3.03. The molecule has 18 heavy (non-hydrogen) atoms. The fourth-order valence-electron chi connectivity index (χ4n) is 1.41. The number of carbonyl (C=O) groups is 1. The van der Waals surface area contributed by atoms with Gasteiger partial charge in [0.2, 0.25) is 5.91 Å². The minimum absolute atomic E-state index is 0. The quantitative estimate of drug-likeness (QED) is 0.866. The van der Waals surface area contributed by atoms with E-state index in [-0.39, 0.29) is 24.1 Å². The van der Waals surface area contributed by atoms with E-state index in [1.807, 2.05) is 6.92 Å². The zero-order valence-electron chi connectivity index (χ0n) is 10.1. The van der Waals surface area contributed by atoms with Gasteiger partial charge in [0.1, 0.15) is 5.82 Å². The molecule has 0 saturated carbocycles. The van der Waals surface area contributed by atoms with Crippen LogP contribution >= 0.6 is 28.3 Å². The van der Waals surface area contributed by atoms with Crippen molar-refractivity contribution < 1.29 is 9.18 Å². The van der Waals surface area contributed by atoms with Crippen molar-refractivity contribution in [3.63, 3.8) is 0 Å². The average molecular weight is 340 g/mol. The van der Waals surface area contributed by atoms with Crippen molar-refractivity contribution in [3.05, 3.63) is 34.1 Å². The van der Waals surface area contributed by atoms with E-state index in [4.69, 9.17) is 5.73 Å². The van der Waals surface area contributed by atoms with Gasteiger partial charge in [-0.05, 0) is 40.0 Å². The SMILES string of the molecule is CCCC(N)C(=O)NCc1ccc(Br)c(F)c1.Cl. The Hall–Kier alpha value is -0.650. The van der Waals surface area contributed by atoms with E-state index in [2.05, 4.69) is 21.2 Å². The van der Waals surface area contributed by atoms with Crippen LogP contribution in [0, 0.1) is 5.82 Å². The third-order valence-electron chi connectivity index (χ3n) is 2.39. The Morgan fingerprint density at radius 3 is 2.78 bits per heavy atom. The standard InChI is InChI=1S/C12H16BrFN2O.ClH/c1-2-3-11(15)12(17)16-7-8-4-5-9(13)10(14)6-8;/h4-6,11H,2-3,7,15H2,1H3,(H,16,17);1H. The van der Waals surface area contributed by atoms with Crippen LogP contribution < -0.4 is 11.1 Å². The van der Waals surface area contributed by atoms with E-state index < -0.39 is 6.04 Å². The molecule has 1 aromatic rings. The zero-order chi connectivity index (χ0) is 12.8. The lowest BCUT2D eigenvalue weighted by Crippen LogP contribution is -2.40. The molecule has 0 saturated heterocycles. The van der Waals surface area contributed by atoms with Crippen molar-refractivity contribution >= 4 is 34.2 Å². The Kier molecular flexibility index (Phi) is 8.15. The van der Waals surface area contributed by atoms with Gasteiger partial charge >= 0.3 is 0 Å². The topological polar surface area (TPSA) is 55.1 Å². The molecule has 0 bridgehead atoms. The van der Waals surface area contributed by atoms with Crippen LogP contribution in [0.3, 0.4) is 0 Å². The monoisotopic (exact) mass is 338 g/mol. The number of halogens is 3. The molecule has 0 aliphatic carbocycles. The van der Waals surface area contributed by atoms with Gasteiger partial charge in [0.15, 0.2) is 0 Å². The van der Waals surface area contributed by atoms with Crippen LogP contribution in [0.5, 0.6) is 0 Å². The molecule has 0 aliphatic rings. The summed E-state index contributed by atoms with van der Waals surface area (Å²) >= 11 is 3.07. The van der Waals surface area contributed by atoms with E-state index in [1.165, 1.54) is 6.07 Å². The molecular weight excluding hydrogens is 322 g/mol. The lowest BCUT2D eigenvalue weighted by Gasteiger charge is -2.11. The second-order valence-corrected chi connectivity index (χ2v) is 4.72. The van der Waals surface area contributed by atoms with Gasteiger partial charge in [-0.15, -0.1) is 12.4 Å². The number of nitrogens with two attached hydrogens (primary N) is 1. The number of hydrogen-bond donors (Lipinski definition) is 2. The van der Waals surface area contributed by atoms with Crippen molar-refractivity contribution in [2.75, 3.05) is 0 Å². The van der Waals surface area contributed by atoms with E-state index in [0.29, 0.717) is 23.0 Å². The van der Waals surface area contributed by atoms with E-state index in [1.54, 1.807) is 12.1 Å². The molecular formula is C12H17BrClFN2O. The minimum Gasteiger partial charge on any atom is -0.351 e. The second kappa shape index (κ2) is 8.45. The lowest BCUT2D eigenvalue weighted by molar-refractivity contribution is -0.122. The molecule has 0 aliphatic heterocycles. The van der Waals surface area contributed by atoms with Gasteiger partial charge in [0.05, 0.1) is 10.5 Å². The van der Waals surface area contributed by atoms with E-state index in [0.717, 1.165) is 6.42 Å². The van der Waals surface area contributed by atoms with Crippen LogP contribution in [0.2, 0.25) is 0 Å². The molecule has 0 spiro atoms. The van der Waals surface area contributed by atoms with Gasteiger partial charge in [-0.1, -0.05) is 19.4 Å². The van der Waals surface area contributed by atoms with Crippen LogP contribution in [-0.2, 0) is 11.3 Å². The molecule has 3 N–H and O–H groups in total. The third kappa shape index (κ3) is 5.33. The van der Waals surface area contributed by atoms with E-state index in [9.17, 15) is 9.18 Å². The minimum atomic E-state index is -0.486. The van der Waals surface area contributed by atoms with Crippen LogP contribution in [0.25, 0.3) is 0 Å². The summed E-state index contributed by atoms with van der Waals surface area (Å²) in [6, 6.07) is 4.26. The molecule has 1 rings (SSSR count). The number of rotatable bonds is 5. The van der Waals surface area contributed by atoms with Crippen molar-refractivity contribution in [2.24, 2.45) is 5.73 Å². The molecule has 1 aromatic carbocycles. The van der Waals surface area contributed by atoms with Gasteiger partial charge in [0, 0.05) is 6.54 Å². The second-order valence-electron chi connectivity index (χ2n) is 3.86. The Morgan fingerprint density at radius 1 is 1.56 bits per heavy atom. The summed E-state index contributed by atoms with van der Waals surface area (Å²) in [6.07, 6.45) is 1.52. The number of hydrogen-bond acceptors (Lipinski definition) is 2. The maximum atomic E-state index is 13.2. The van der Waals surface area contributed by atoms with Gasteiger partial charge in [0.25, 0.3) is 0 Å². The van der Waals surface area contributed by atoms with Crippen molar-refractivity contribution in [2.45, 2.75) is 32.4 Å². The normalized spacial score (nSPS) is 11.6. The molecule has 0 heterocycles. The fraction of sp³-hybridized carbons (Fsp3) is 0.417. The first-order valence-corrected chi connectivity index (χ1v) is 6.31. The molecule has 0 aromatic heterocycles. The maximum absolute atomic E-state index is 13.2. The highest BCUT2D eigenvalue weighted by Gasteiger charge is 2.11. The van der Waals surface area contributed by atoms with Crippen LogP contribution in [0.4, 0.5) is 4.39 Å². The molecule has 1 amide bonds. The highest BCUT2D eigenvalue weighted by molar-refractivity contribution is 9.10. The Bertz CT molecular complexity index is 404. The lowest BCUT2D eigenvalue weighted by atomic mass is 10.1. The van der Waals surface area contributed by atoms with E-state index >= 15 is 0 Å². The van der Waals surface area contributed by atoms with Gasteiger partial charge in [-0.2, -0.15) is 0 Å². The van der Waals surface area contributed by atoms with Gasteiger partial charge in [-0.3, -0.25) is 4.79 Å². The fourth-order valence-corrected chi connectivity index (χ4v) is 1.66. The molecule has 0 fully saturated rings. The largest absolute Gasteiger partial charge is 0.351 e. The zero-order valence-corrected chi connectivity index (χ0v) is 12.5. The van der Waals surface area contributed by atoms with Gasteiger partial charge < -0.3 is 11.1 Å². The molecule has 3 nitrogen and oxygen atoms in total. The van der Waals surface area contributed by atoms with Crippen LogP contribution in [0.1, 0.15) is 25.3 Å². The Labute approximate surface area is 121 Å². The van der Waals surface area contributed by atoms with Crippen LogP contribution in [0.15, 0.2) is 22.7 Å². The number of benzene rings is 1. The number of amides is 1. The highest BCUT2D eigenvalue weighted by Crippen LogP contribution is 2.16. The smallest absolute Gasteiger partial charge is 0.237 e. The Balaban J connectivity index is 0.00000289. The molecule has 102 valence electrons. The summed E-state index contributed by atoms with van der Waals surface area (Å²) in [5.74, 6) is -0.537. The summed E-state index contributed by atoms with van der Waals surface area (Å²) in [5, 5.41) is 2.68. The predicted molar refractivity (Wildman–Crippen MR) is 76.1 cm³/mol.